The van der Waals surface area contributed by atoms with Crippen LogP contribution in [0.25, 0.3) is 22.0 Å². The standard InChI is InChI=1S/C35H36N2/c1-34(2,3)27-13-19-30(20-14-27)37(31-21-15-28(16-22-31)35(4,5)6)29-17-11-26(12-18-29)33-32-10-8-7-9-25(32)23-24-36-33/h7-24H,1-6H3. The van der Waals surface area contributed by atoms with Crippen LogP contribution >= 0.6 is 0 Å². The Labute approximate surface area is 221 Å². The zero-order chi connectivity index (χ0) is 26.2. The molecule has 0 amide bonds. The van der Waals surface area contributed by atoms with Gasteiger partial charge >= 0.3 is 0 Å². The van der Waals surface area contributed by atoms with Gasteiger partial charge in [-0.2, -0.15) is 0 Å². The molecule has 0 aliphatic carbocycles. The first-order valence-corrected chi connectivity index (χ1v) is 13.1. The van der Waals surface area contributed by atoms with Gasteiger partial charge in [-0.25, -0.2) is 0 Å². The Hall–Kier alpha value is -3.91. The van der Waals surface area contributed by atoms with E-state index in [1.54, 1.807) is 0 Å². The second kappa shape index (κ2) is 9.52. The van der Waals surface area contributed by atoms with Gasteiger partial charge in [-0.3, -0.25) is 4.98 Å². The molecule has 1 aromatic heterocycles. The van der Waals surface area contributed by atoms with Crippen molar-refractivity contribution in [3.8, 4) is 11.3 Å². The lowest BCUT2D eigenvalue weighted by Crippen LogP contribution is -2.14. The van der Waals surface area contributed by atoms with Crippen molar-refractivity contribution < 1.29 is 0 Å². The average molecular weight is 485 g/mol. The van der Waals surface area contributed by atoms with Gasteiger partial charge in [0.05, 0.1) is 5.69 Å². The highest BCUT2D eigenvalue weighted by molar-refractivity contribution is 5.94. The minimum atomic E-state index is 0.116. The maximum atomic E-state index is 4.72. The molecule has 2 nitrogen and oxygen atoms in total. The van der Waals surface area contributed by atoms with Crippen LogP contribution in [-0.4, -0.2) is 4.98 Å². The molecule has 4 aromatic carbocycles. The molecular formula is C35H36N2. The Morgan fingerprint density at radius 2 is 0.973 bits per heavy atom. The number of anilines is 3. The molecule has 1 heterocycles. The monoisotopic (exact) mass is 484 g/mol. The molecule has 0 radical (unpaired) electrons. The van der Waals surface area contributed by atoms with Crippen molar-refractivity contribution in [1.29, 1.82) is 0 Å². The maximum Gasteiger partial charge on any atom is 0.0780 e. The summed E-state index contributed by atoms with van der Waals surface area (Å²) in [6, 6.07) is 37.2. The first kappa shape index (κ1) is 24.8. The molecule has 5 rings (SSSR count). The van der Waals surface area contributed by atoms with Crippen LogP contribution in [0.15, 0.2) is 109 Å². The van der Waals surface area contributed by atoms with Gasteiger partial charge in [0.2, 0.25) is 0 Å². The molecule has 186 valence electrons. The molecule has 0 aliphatic heterocycles. The van der Waals surface area contributed by atoms with Gasteiger partial charge in [0, 0.05) is 34.2 Å². The minimum Gasteiger partial charge on any atom is -0.311 e. The number of aromatic nitrogens is 1. The summed E-state index contributed by atoms with van der Waals surface area (Å²) in [5, 5.41) is 2.38. The van der Waals surface area contributed by atoms with Crippen LogP contribution < -0.4 is 4.90 Å². The van der Waals surface area contributed by atoms with E-state index in [0.717, 1.165) is 28.3 Å². The summed E-state index contributed by atoms with van der Waals surface area (Å²) in [6.07, 6.45) is 1.89. The molecule has 0 N–H and O–H groups in total. The molecule has 5 aromatic rings. The first-order chi connectivity index (χ1) is 17.6. The highest BCUT2D eigenvalue weighted by atomic mass is 15.1. The van der Waals surface area contributed by atoms with E-state index in [-0.39, 0.29) is 10.8 Å². The summed E-state index contributed by atoms with van der Waals surface area (Å²) < 4.78 is 0. The summed E-state index contributed by atoms with van der Waals surface area (Å²) in [5.41, 5.74) is 8.44. The minimum absolute atomic E-state index is 0.116. The Bertz CT molecular complexity index is 1440. The Balaban J connectivity index is 1.57. The Morgan fingerprint density at radius 3 is 1.46 bits per heavy atom. The predicted octanol–water partition coefficient (Wildman–Crippen LogP) is 9.97. The van der Waals surface area contributed by atoms with Crippen LogP contribution in [0.2, 0.25) is 0 Å². The van der Waals surface area contributed by atoms with Gasteiger partial charge in [-0.15, -0.1) is 0 Å². The van der Waals surface area contributed by atoms with Gasteiger partial charge in [-0.05, 0) is 69.8 Å². The van der Waals surface area contributed by atoms with Crippen LogP contribution in [0.3, 0.4) is 0 Å². The number of benzene rings is 4. The molecule has 0 fully saturated rings. The van der Waals surface area contributed by atoms with Crippen molar-refractivity contribution in [2.75, 3.05) is 4.90 Å². The van der Waals surface area contributed by atoms with E-state index >= 15 is 0 Å². The number of nitrogens with zero attached hydrogens (tertiary/aromatic N) is 2. The number of pyridine rings is 1. The van der Waals surface area contributed by atoms with Crippen molar-refractivity contribution in [3.63, 3.8) is 0 Å². The molecule has 37 heavy (non-hydrogen) atoms. The Kier molecular flexibility index (Phi) is 6.37. The number of rotatable bonds is 4. The summed E-state index contributed by atoms with van der Waals surface area (Å²) in [6.45, 7) is 13.5. The van der Waals surface area contributed by atoms with Gasteiger partial charge < -0.3 is 4.90 Å². The summed E-state index contributed by atoms with van der Waals surface area (Å²) in [4.78, 5) is 7.05. The second-order valence-corrected chi connectivity index (χ2v) is 11.9. The highest BCUT2D eigenvalue weighted by Crippen LogP contribution is 2.38. The fourth-order valence-corrected chi connectivity index (χ4v) is 4.79. The first-order valence-electron chi connectivity index (χ1n) is 13.1. The number of hydrogen-bond donors (Lipinski definition) is 0. The van der Waals surface area contributed by atoms with Crippen LogP contribution in [-0.2, 0) is 10.8 Å². The van der Waals surface area contributed by atoms with Crippen LogP contribution in [0.5, 0.6) is 0 Å². The van der Waals surface area contributed by atoms with E-state index in [1.807, 2.05) is 6.20 Å². The van der Waals surface area contributed by atoms with E-state index in [9.17, 15) is 0 Å². The number of fused-ring (bicyclic) bond motifs is 1. The van der Waals surface area contributed by atoms with E-state index in [2.05, 4.69) is 150 Å². The normalized spacial score (nSPS) is 12.1. The molecule has 0 atom stereocenters. The second-order valence-electron chi connectivity index (χ2n) is 11.9. The van der Waals surface area contributed by atoms with Crippen molar-refractivity contribution >= 4 is 27.8 Å². The average Bonchev–Trinajstić information content (AvgIpc) is 2.89. The molecule has 0 unspecified atom stereocenters. The van der Waals surface area contributed by atoms with Crippen LogP contribution in [0.4, 0.5) is 17.1 Å². The fourth-order valence-electron chi connectivity index (χ4n) is 4.79. The van der Waals surface area contributed by atoms with Gasteiger partial charge in [-0.1, -0.05) is 102 Å². The van der Waals surface area contributed by atoms with Gasteiger partial charge in [0.15, 0.2) is 0 Å². The zero-order valence-electron chi connectivity index (χ0n) is 22.8. The van der Waals surface area contributed by atoms with E-state index in [0.29, 0.717) is 0 Å². The summed E-state index contributed by atoms with van der Waals surface area (Å²) >= 11 is 0. The van der Waals surface area contributed by atoms with Gasteiger partial charge in [0.25, 0.3) is 0 Å². The molecule has 0 bridgehead atoms. The lowest BCUT2D eigenvalue weighted by Gasteiger charge is -2.28. The summed E-state index contributed by atoms with van der Waals surface area (Å²) in [5.74, 6) is 0. The molecule has 2 heteroatoms. The third kappa shape index (κ3) is 5.15. The number of hydrogen-bond acceptors (Lipinski definition) is 2. The third-order valence-electron chi connectivity index (χ3n) is 7.06. The molecule has 0 spiro atoms. The molecule has 0 saturated heterocycles. The van der Waals surface area contributed by atoms with Crippen molar-refractivity contribution in [2.45, 2.75) is 52.4 Å². The maximum absolute atomic E-state index is 4.72. The molecule has 0 aliphatic rings. The van der Waals surface area contributed by atoms with Crippen LogP contribution in [0.1, 0.15) is 52.7 Å². The van der Waals surface area contributed by atoms with Crippen LogP contribution in [0, 0.1) is 0 Å². The third-order valence-corrected chi connectivity index (χ3v) is 7.06. The summed E-state index contributed by atoms with van der Waals surface area (Å²) in [7, 11) is 0. The smallest absolute Gasteiger partial charge is 0.0780 e. The largest absolute Gasteiger partial charge is 0.311 e. The van der Waals surface area contributed by atoms with Crippen molar-refractivity contribution in [3.05, 3.63) is 120 Å². The topological polar surface area (TPSA) is 16.1 Å². The quantitative estimate of drug-likeness (QED) is 0.252. The van der Waals surface area contributed by atoms with Gasteiger partial charge in [0.1, 0.15) is 0 Å². The molecular weight excluding hydrogens is 448 g/mol. The highest BCUT2D eigenvalue weighted by Gasteiger charge is 2.18. The van der Waals surface area contributed by atoms with E-state index in [4.69, 9.17) is 4.98 Å². The van der Waals surface area contributed by atoms with Crippen molar-refractivity contribution in [1.82, 2.24) is 4.98 Å². The zero-order valence-corrected chi connectivity index (χ0v) is 22.8. The van der Waals surface area contributed by atoms with E-state index in [1.165, 1.54) is 21.9 Å². The fraction of sp³-hybridized carbons (Fsp3) is 0.229. The SMILES string of the molecule is CC(C)(C)c1ccc(N(c2ccc(-c3nccc4ccccc34)cc2)c2ccc(C(C)(C)C)cc2)cc1. The van der Waals surface area contributed by atoms with Crippen molar-refractivity contribution in [2.24, 2.45) is 0 Å². The predicted molar refractivity (Wildman–Crippen MR) is 159 cm³/mol. The lowest BCUT2D eigenvalue weighted by molar-refractivity contribution is 0.590. The Morgan fingerprint density at radius 1 is 0.514 bits per heavy atom. The molecule has 0 saturated carbocycles. The van der Waals surface area contributed by atoms with E-state index < -0.39 is 0 Å². The lowest BCUT2D eigenvalue weighted by atomic mass is 9.86.